The third-order valence-corrected chi connectivity index (χ3v) is 6.56. The fraction of sp³-hybridized carbons (Fsp3) is 0.500. The molecule has 2 N–H and O–H groups in total. The van der Waals surface area contributed by atoms with E-state index in [4.69, 9.17) is 11.6 Å². The average Bonchev–Trinajstić information content (AvgIpc) is 3.14. The standard InChI is InChI=1S/C22H25ClF4N6O/c1-12(22(25,26)27)29-20-28-8-14-5-6-33(11-18(14)30-20)21(34)31-19-10-32(2)9-15(19)13-3-4-16(23)17(24)7-13/h3-4,7-8,12,15,19H,5-6,9-11H2,1-2H3,(H,31,34)(H,28,29,30). The number of carbonyl (C=O) groups excluding carboxylic acids is 1. The van der Waals surface area contributed by atoms with Gasteiger partial charge in [-0.25, -0.2) is 19.2 Å². The first-order valence-corrected chi connectivity index (χ1v) is 11.3. The van der Waals surface area contributed by atoms with Gasteiger partial charge in [-0.05, 0) is 43.7 Å². The second-order valence-corrected chi connectivity index (χ2v) is 9.21. The van der Waals surface area contributed by atoms with Gasteiger partial charge in [-0.3, -0.25) is 0 Å². The van der Waals surface area contributed by atoms with Gasteiger partial charge in [0, 0.05) is 31.7 Å². The molecule has 0 bridgehead atoms. The number of alkyl halides is 3. The number of nitrogens with zero attached hydrogens (tertiary/aromatic N) is 4. The average molecular weight is 501 g/mol. The Morgan fingerprint density at radius 3 is 2.76 bits per heavy atom. The number of aromatic nitrogens is 2. The third kappa shape index (κ3) is 5.35. The molecule has 2 aromatic rings. The number of hydrogen-bond donors (Lipinski definition) is 2. The van der Waals surface area contributed by atoms with Crippen LogP contribution in [0.3, 0.4) is 0 Å². The molecule has 0 saturated carbocycles. The summed E-state index contributed by atoms with van der Waals surface area (Å²) in [5.74, 6) is -0.747. The molecule has 12 heteroatoms. The molecule has 2 aliphatic rings. The first-order chi connectivity index (χ1) is 16.0. The van der Waals surface area contributed by atoms with Crippen molar-refractivity contribution in [1.82, 2.24) is 25.1 Å². The maximum Gasteiger partial charge on any atom is 0.408 e. The molecule has 3 unspecified atom stereocenters. The van der Waals surface area contributed by atoms with Crippen LogP contribution in [0.25, 0.3) is 0 Å². The Morgan fingerprint density at radius 1 is 1.29 bits per heavy atom. The van der Waals surface area contributed by atoms with E-state index in [2.05, 4.69) is 25.5 Å². The second kappa shape index (κ2) is 9.53. The molecule has 0 aliphatic carbocycles. The number of amides is 2. The Labute approximate surface area is 199 Å². The number of hydrogen-bond acceptors (Lipinski definition) is 5. The SMILES string of the molecule is CC(Nc1ncc2c(n1)CN(C(=O)NC1CN(C)CC1c1ccc(Cl)c(F)c1)CC2)C(F)(F)F. The molecular formula is C22H25ClF4N6O. The van der Waals surface area contributed by atoms with Gasteiger partial charge in [0.25, 0.3) is 0 Å². The summed E-state index contributed by atoms with van der Waals surface area (Å²) in [5, 5.41) is 5.35. The highest BCUT2D eigenvalue weighted by Gasteiger charge is 2.37. The number of likely N-dealkylation sites (N-methyl/N-ethyl adjacent to an activating group) is 1. The molecule has 1 fully saturated rings. The number of urea groups is 1. The lowest BCUT2D eigenvalue weighted by Gasteiger charge is -2.30. The quantitative estimate of drug-likeness (QED) is 0.625. The predicted octanol–water partition coefficient (Wildman–Crippen LogP) is 3.80. The van der Waals surface area contributed by atoms with Gasteiger partial charge in [-0.15, -0.1) is 0 Å². The predicted molar refractivity (Wildman–Crippen MR) is 119 cm³/mol. The van der Waals surface area contributed by atoms with Crippen LogP contribution in [0.4, 0.5) is 28.3 Å². The Morgan fingerprint density at radius 2 is 2.06 bits per heavy atom. The maximum absolute atomic E-state index is 14.0. The summed E-state index contributed by atoms with van der Waals surface area (Å²) in [4.78, 5) is 24.9. The van der Waals surface area contributed by atoms with Crippen molar-refractivity contribution in [2.45, 2.75) is 44.1 Å². The van der Waals surface area contributed by atoms with Crippen LogP contribution in [0, 0.1) is 5.82 Å². The number of halogens is 5. The summed E-state index contributed by atoms with van der Waals surface area (Å²) in [6.45, 7) is 2.81. The van der Waals surface area contributed by atoms with Gasteiger partial charge >= 0.3 is 12.2 Å². The van der Waals surface area contributed by atoms with E-state index in [9.17, 15) is 22.4 Å². The van der Waals surface area contributed by atoms with Crippen molar-refractivity contribution in [2.24, 2.45) is 0 Å². The fourth-order valence-corrected chi connectivity index (χ4v) is 4.42. The lowest BCUT2D eigenvalue weighted by Crippen LogP contribution is -2.49. The minimum absolute atomic E-state index is 0.0446. The van der Waals surface area contributed by atoms with E-state index in [0.717, 1.165) is 18.1 Å². The van der Waals surface area contributed by atoms with Crippen molar-refractivity contribution in [3.63, 3.8) is 0 Å². The maximum atomic E-state index is 14.0. The molecule has 1 saturated heterocycles. The van der Waals surface area contributed by atoms with Crippen LogP contribution in [0.15, 0.2) is 24.4 Å². The summed E-state index contributed by atoms with van der Waals surface area (Å²) in [6.07, 6.45) is -2.43. The van der Waals surface area contributed by atoms with Gasteiger partial charge in [0.05, 0.1) is 23.3 Å². The topological polar surface area (TPSA) is 73.4 Å². The first kappa shape index (κ1) is 24.5. The fourth-order valence-electron chi connectivity index (χ4n) is 4.30. The number of nitrogens with one attached hydrogen (secondary N) is 2. The Hall–Kier alpha value is -2.66. The zero-order chi connectivity index (χ0) is 24.6. The summed E-state index contributed by atoms with van der Waals surface area (Å²) in [6, 6.07) is 2.32. The number of rotatable bonds is 4. The molecule has 4 rings (SSSR count). The van der Waals surface area contributed by atoms with Crippen molar-refractivity contribution in [3.05, 3.63) is 52.1 Å². The molecule has 2 aliphatic heterocycles. The van der Waals surface area contributed by atoms with E-state index in [1.54, 1.807) is 11.0 Å². The summed E-state index contributed by atoms with van der Waals surface area (Å²) in [5.41, 5.74) is 2.06. The Kier molecular flexibility index (Phi) is 6.86. The molecule has 1 aromatic carbocycles. The number of carbonyl (C=O) groups is 1. The van der Waals surface area contributed by atoms with E-state index in [1.807, 2.05) is 7.05 Å². The smallest absolute Gasteiger partial charge is 0.343 e. The van der Waals surface area contributed by atoms with Crippen LogP contribution >= 0.6 is 11.6 Å². The molecule has 7 nitrogen and oxygen atoms in total. The molecular weight excluding hydrogens is 476 g/mol. The molecule has 184 valence electrons. The largest absolute Gasteiger partial charge is 0.408 e. The van der Waals surface area contributed by atoms with Gasteiger partial charge in [0.2, 0.25) is 5.95 Å². The van der Waals surface area contributed by atoms with Gasteiger partial charge in [-0.2, -0.15) is 13.2 Å². The number of benzene rings is 1. The third-order valence-electron chi connectivity index (χ3n) is 6.25. The normalized spacial score (nSPS) is 21.8. The minimum Gasteiger partial charge on any atom is -0.343 e. The Balaban J connectivity index is 1.44. The highest BCUT2D eigenvalue weighted by molar-refractivity contribution is 6.30. The lowest BCUT2D eigenvalue weighted by atomic mass is 9.94. The number of fused-ring (bicyclic) bond motifs is 1. The number of likely N-dealkylation sites (tertiary alicyclic amines) is 1. The monoisotopic (exact) mass is 500 g/mol. The van der Waals surface area contributed by atoms with E-state index >= 15 is 0 Å². The Bertz CT molecular complexity index is 1070. The van der Waals surface area contributed by atoms with Gasteiger partial charge in [-0.1, -0.05) is 17.7 Å². The second-order valence-electron chi connectivity index (χ2n) is 8.80. The van der Waals surface area contributed by atoms with E-state index in [1.165, 1.54) is 18.3 Å². The molecule has 3 atom stereocenters. The van der Waals surface area contributed by atoms with Gasteiger partial charge < -0.3 is 20.4 Å². The van der Waals surface area contributed by atoms with Crippen molar-refractivity contribution in [2.75, 3.05) is 32.0 Å². The van der Waals surface area contributed by atoms with Crippen LogP contribution in [0.2, 0.25) is 5.02 Å². The zero-order valence-corrected chi connectivity index (χ0v) is 19.4. The first-order valence-electron chi connectivity index (χ1n) is 10.9. The van der Waals surface area contributed by atoms with Crippen LogP contribution in [0.1, 0.15) is 29.7 Å². The van der Waals surface area contributed by atoms with Gasteiger partial charge in [0.1, 0.15) is 11.9 Å². The minimum atomic E-state index is -4.43. The van der Waals surface area contributed by atoms with Crippen molar-refractivity contribution in [1.29, 1.82) is 0 Å². The van der Waals surface area contributed by atoms with Crippen LogP contribution in [0.5, 0.6) is 0 Å². The molecule has 3 heterocycles. The summed E-state index contributed by atoms with van der Waals surface area (Å²) < 4.78 is 52.6. The van der Waals surface area contributed by atoms with E-state index in [0.29, 0.717) is 31.7 Å². The van der Waals surface area contributed by atoms with Crippen molar-refractivity contribution >= 4 is 23.6 Å². The van der Waals surface area contributed by atoms with Crippen LogP contribution in [-0.4, -0.2) is 70.7 Å². The highest BCUT2D eigenvalue weighted by Crippen LogP contribution is 2.30. The molecule has 1 aromatic heterocycles. The van der Waals surface area contributed by atoms with Crippen LogP contribution in [-0.2, 0) is 13.0 Å². The highest BCUT2D eigenvalue weighted by atomic mass is 35.5. The molecule has 0 spiro atoms. The van der Waals surface area contributed by atoms with E-state index < -0.39 is 18.0 Å². The molecule has 2 amide bonds. The number of anilines is 1. The zero-order valence-electron chi connectivity index (χ0n) is 18.7. The van der Waals surface area contributed by atoms with Crippen molar-refractivity contribution < 1.29 is 22.4 Å². The van der Waals surface area contributed by atoms with Crippen molar-refractivity contribution in [3.8, 4) is 0 Å². The van der Waals surface area contributed by atoms with E-state index in [-0.39, 0.29) is 35.5 Å². The molecule has 34 heavy (non-hydrogen) atoms. The molecule has 0 radical (unpaired) electrons. The van der Waals surface area contributed by atoms with Gasteiger partial charge in [0.15, 0.2) is 0 Å². The lowest BCUT2D eigenvalue weighted by molar-refractivity contribution is -0.138. The van der Waals surface area contributed by atoms with Crippen LogP contribution < -0.4 is 10.6 Å². The summed E-state index contributed by atoms with van der Waals surface area (Å²) >= 11 is 5.81. The summed E-state index contributed by atoms with van der Waals surface area (Å²) in [7, 11) is 1.93.